The van der Waals surface area contributed by atoms with Crippen LogP contribution in [0.15, 0.2) is 77.9 Å². The van der Waals surface area contributed by atoms with E-state index in [9.17, 15) is 4.79 Å². The molecule has 1 N–H and O–H groups in total. The maximum absolute atomic E-state index is 12.4. The van der Waals surface area contributed by atoms with Gasteiger partial charge < -0.3 is 0 Å². The molecule has 0 aliphatic rings. The third-order valence-electron chi connectivity index (χ3n) is 4.83. The first-order chi connectivity index (χ1) is 15.1. The number of hydrogen-bond donors (Lipinski definition) is 1. The number of amides is 1. The Labute approximate surface area is 180 Å². The Kier molecular flexibility index (Phi) is 5.93. The molecule has 0 fully saturated rings. The van der Waals surface area contributed by atoms with Crippen molar-refractivity contribution in [3.8, 4) is 11.4 Å². The Hall–Kier alpha value is -4.13. The molecule has 31 heavy (non-hydrogen) atoms. The van der Waals surface area contributed by atoms with Gasteiger partial charge in [0.05, 0.1) is 12.8 Å². The lowest BCUT2D eigenvalue weighted by atomic mass is 10.1. The minimum atomic E-state index is -0.265. The van der Waals surface area contributed by atoms with Crippen LogP contribution in [0.1, 0.15) is 32.6 Å². The molecule has 0 unspecified atom stereocenters. The quantitative estimate of drug-likeness (QED) is 0.387. The number of hydrogen-bond acceptors (Lipinski definition) is 5. The number of hydrazone groups is 1. The summed E-state index contributed by atoms with van der Waals surface area (Å²) < 4.78 is 0. The average molecular weight is 410 g/mol. The molecule has 1 aromatic heterocycles. The molecule has 1 heterocycles. The van der Waals surface area contributed by atoms with Crippen molar-refractivity contribution in [2.24, 2.45) is 5.10 Å². The van der Waals surface area contributed by atoms with Crippen LogP contribution < -0.4 is 5.43 Å². The number of nitrogens with zero attached hydrogens (tertiary/aromatic N) is 5. The van der Waals surface area contributed by atoms with Gasteiger partial charge in [-0.3, -0.25) is 4.79 Å². The molecule has 7 heteroatoms. The van der Waals surface area contributed by atoms with Crippen molar-refractivity contribution in [2.45, 2.75) is 20.4 Å². The highest BCUT2D eigenvalue weighted by molar-refractivity contribution is 5.95. The maximum atomic E-state index is 12.4. The molecule has 0 aliphatic heterocycles. The fourth-order valence-corrected chi connectivity index (χ4v) is 3.06. The zero-order valence-corrected chi connectivity index (χ0v) is 17.4. The number of rotatable bonds is 6. The normalized spacial score (nSPS) is 11.0. The summed E-state index contributed by atoms with van der Waals surface area (Å²) in [7, 11) is 0. The number of aromatic nitrogens is 4. The van der Waals surface area contributed by atoms with Gasteiger partial charge in [0, 0.05) is 11.1 Å². The van der Waals surface area contributed by atoms with E-state index in [1.54, 1.807) is 18.3 Å². The van der Waals surface area contributed by atoms with E-state index in [4.69, 9.17) is 0 Å². The third-order valence-corrected chi connectivity index (χ3v) is 4.83. The van der Waals surface area contributed by atoms with E-state index in [1.165, 1.54) is 4.80 Å². The van der Waals surface area contributed by atoms with Gasteiger partial charge in [0.1, 0.15) is 0 Å². The standard InChI is InChI=1S/C24H22N6O/c1-17-8-9-18(2)22(14-17)15-25-27-24(31)21-12-10-19(11-13-21)16-30-28-23(26-29-30)20-6-4-3-5-7-20/h3-15H,16H2,1-2H3,(H,27,31)/b25-15+. The number of tetrazole rings is 1. The van der Waals surface area contributed by atoms with Gasteiger partial charge in [0.25, 0.3) is 5.91 Å². The molecule has 0 spiro atoms. The maximum Gasteiger partial charge on any atom is 0.271 e. The molecular formula is C24H22N6O. The lowest BCUT2D eigenvalue weighted by molar-refractivity contribution is 0.0955. The van der Waals surface area contributed by atoms with E-state index in [1.807, 2.05) is 74.5 Å². The van der Waals surface area contributed by atoms with Crippen LogP contribution in [-0.4, -0.2) is 32.3 Å². The predicted molar refractivity (Wildman–Crippen MR) is 120 cm³/mol. The molecular weight excluding hydrogens is 388 g/mol. The van der Waals surface area contributed by atoms with Crippen LogP contribution in [0.3, 0.4) is 0 Å². The highest BCUT2D eigenvalue weighted by Gasteiger charge is 2.08. The van der Waals surface area contributed by atoms with Crippen LogP contribution in [0.4, 0.5) is 0 Å². The molecule has 1 amide bonds. The van der Waals surface area contributed by atoms with Gasteiger partial charge in [-0.25, -0.2) is 5.43 Å². The van der Waals surface area contributed by atoms with Crippen molar-refractivity contribution in [3.63, 3.8) is 0 Å². The molecule has 0 bridgehead atoms. The third kappa shape index (κ3) is 5.08. The van der Waals surface area contributed by atoms with E-state index in [0.717, 1.165) is 27.8 Å². The molecule has 0 aliphatic carbocycles. The molecule has 0 atom stereocenters. The van der Waals surface area contributed by atoms with Gasteiger partial charge in [0.15, 0.2) is 0 Å². The van der Waals surface area contributed by atoms with E-state index in [2.05, 4.69) is 25.9 Å². The lowest BCUT2D eigenvalue weighted by Crippen LogP contribution is -2.17. The van der Waals surface area contributed by atoms with Gasteiger partial charge in [0.2, 0.25) is 5.82 Å². The lowest BCUT2D eigenvalue weighted by Gasteiger charge is -2.04. The van der Waals surface area contributed by atoms with Gasteiger partial charge in [-0.1, -0.05) is 66.2 Å². The summed E-state index contributed by atoms with van der Waals surface area (Å²) >= 11 is 0. The Morgan fingerprint density at radius 2 is 1.81 bits per heavy atom. The van der Waals surface area contributed by atoms with Crippen LogP contribution in [0.5, 0.6) is 0 Å². The Morgan fingerprint density at radius 3 is 2.58 bits per heavy atom. The second-order valence-corrected chi connectivity index (χ2v) is 7.27. The van der Waals surface area contributed by atoms with Crippen LogP contribution in [-0.2, 0) is 6.54 Å². The van der Waals surface area contributed by atoms with E-state index < -0.39 is 0 Å². The van der Waals surface area contributed by atoms with Crippen LogP contribution in [0.25, 0.3) is 11.4 Å². The van der Waals surface area contributed by atoms with Gasteiger partial charge >= 0.3 is 0 Å². The first-order valence-electron chi connectivity index (χ1n) is 9.91. The number of carbonyl (C=O) groups excluding carboxylic acids is 1. The van der Waals surface area contributed by atoms with Crippen molar-refractivity contribution in [3.05, 3.63) is 101 Å². The van der Waals surface area contributed by atoms with Crippen LogP contribution in [0.2, 0.25) is 0 Å². The summed E-state index contributed by atoms with van der Waals surface area (Å²) in [6.45, 7) is 4.49. The fraction of sp³-hybridized carbons (Fsp3) is 0.125. The summed E-state index contributed by atoms with van der Waals surface area (Å²) in [6.07, 6.45) is 1.66. The summed E-state index contributed by atoms with van der Waals surface area (Å²) in [5.74, 6) is 0.316. The molecule has 4 aromatic rings. The molecule has 0 radical (unpaired) electrons. The molecule has 0 saturated carbocycles. The summed E-state index contributed by atoms with van der Waals surface area (Å²) in [5, 5.41) is 16.7. The second-order valence-electron chi connectivity index (χ2n) is 7.27. The van der Waals surface area contributed by atoms with Crippen molar-refractivity contribution in [1.82, 2.24) is 25.6 Å². The topological polar surface area (TPSA) is 85.1 Å². The molecule has 7 nitrogen and oxygen atoms in total. The molecule has 154 valence electrons. The predicted octanol–water partition coefficient (Wildman–Crippen LogP) is 3.77. The van der Waals surface area contributed by atoms with E-state index >= 15 is 0 Å². The molecule has 4 rings (SSSR count). The number of carbonyl (C=O) groups is 1. The van der Waals surface area contributed by atoms with Crippen molar-refractivity contribution >= 4 is 12.1 Å². The highest BCUT2D eigenvalue weighted by atomic mass is 16.2. The van der Waals surface area contributed by atoms with Crippen molar-refractivity contribution in [2.75, 3.05) is 0 Å². The summed E-state index contributed by atoms with van der Waals surface area (Å²) in [5.41, 5.74) is 8.21. The Morgan fingerprint density at radius 1 is 1.03 bits per heavy atom. The van der Waals surface area contributed by atoms with E-state index in [-0.39, 0.29) is 5.91 Å². The van der Waals surface area contributed by atoms with Crippen LogP contribution in [0, 0.1) is 13.8 Å². The summed E-state index contributed by atoms with van der Waals surface area (Å²) in [6, 6.07) is 23.1. The summed E-state index contributed by atoms with van der Waals surface area (Å²) in [4.78, 5) is 13.9. The molecule has 3 aromatic carbocycles. The molecule has 0 saturated heterocycles. The Bertz CT molecular complexity index is 1210. The SMILES string of the molecule is Cc1ccc(C)c(/C=N/NC(=O)c2ccc(Cn3nnc(-c4ccccc4)n3)cc2)c1. The second kappa shape index (κ2) is 9.13. The average Bonchev–Trinajstić information content (AvgIpc) is 3.26. The minimum Gasteiger partial charge on any atom is -0.267 e. The largest absolute Gasteiger partial charge is 0.271 e. The smallest absolute Gasteiger partial charge is 0.267 e. The first-order valence-corrected chi connectivity index (χ1v) is 9.91. The zero-order chi connectivity index (χ0) is 21.6. The Balaban J connectivity index is 1.37. The van der Waals surface area contributed by atoms with E-state index in [0.29, 0.717) is 17.9 Å². The number of nitrogens with one attached hydrogen (secondary N) is 1. The highest BCUT2D eigenvalue weighted by Crippen LogP contribution is 2.13. The zero-order valence-electron chi connectivity index (χ0n) is 17.4. The van der Waals surface area contributed by atoms with Gasteiger partial charge in [-0.2, -0.15) is 9.90 Å². The fourth-order valence-electron chi connectivity index (χ4n) is 3.06. The van der Waals surface area contributed by atoms with Gasteiger partial charge in [-0.05, 0) is 47.9 Å². The number of aryl methyl sites for hydroxylation is 2. The van der Waals surface area contributed by atoms with Crippen LogP contribution >= 0.6 is 0 Å². The minimum absolute atomic E-state index is 0.265. The van der Waals surface area contributed by atoms with Crippen molar-refractivity contribution < 1.29 is 4.79 Å². The van der Waals surface area contributed by atoms with Gasteiger partial charge in [-0.15, -0.1) is 10.2 Å². The first kappa shape index (κ1) is 20.2. The van der Waals surface area contributed by atoms with Crippen molar-refractivity contribution in [1.29, 1.82) is 0 Å². The number of benzene rings is 3. The monoisotopic (exact) mass is 410 g/mol.